The molecular formula is C16H20N2O3. The Labute approximate surface area is 124 Å². The van der Waals surface area contributed by atoms with Gasteiger partial charge in [-0.25, -0.2) is 4.79 Å². The molecule has 0 radical (unpaired) electrons. The van der Waals surface area contributed by atoms with Gasteiger partial charge in [-0.3, -0.25) is 19.8 Å². The van der Waals surface area contributed by atoms with Crippen molar-refractivity contribution < 1.29 is 14.4 Å². The molecule has 21 heavy (non-hydrogen) atoms. The van der Waals surface area contributed by atoms with Crippen LogP contribution in [0.3, 0.4) is 0 Å². The molecule has 0 bridgehead atoms. The minimum Gasteiger partial charge on any atom is -0.277 e. The van der Waals surface area contributed by atoms with Gasteiger partial charge in [-0.15, -0.1) is 0 Å². The molecule has 0 aliphatic carbocycles. The topological polar surface area (TPSA) is 66.5 Å². The van der Waals surface area contributed by atoms with E-state index in [0.29, 0.717) is 19.4 Å². The monoisotopic (exact) mass is 288 g/mol. The molecule has 1 saturated heterocycles. The van der Waals surface area contributed by atoms with Gasteiger partial charge in [-0.05, 0) is 24.8 Å². The number of amides is 4. The van der Waals surface area contributed by atoms with Crippen molar-refractivity contribution in [3.63, 3.8) is 0 Å². The molecule has 1 heterocycles. The highest BCUT2D eigenvalue weighted by molar-refractivity contribution is 6.16. The van der Waals surface area contributed by atoms with Crippen molar-refractivity contribution in [2.45, 2.75) is 32.6 Å². The van der Waals surface area contributed by atoms with Crippen molar-refractivity contribution in [3.8, 4) is 0 Å². The number of hydrogen-bond acceptors (Lipinski definition) is 3. The number of rotatable bonds is 6. The van der Waals surface area contributed by atoms with Gasteiger partial charge >= 0.3 is 6.03 Å². The van der Waals surface area contributed by atoms with Crippen LogP contribution in [-0.4, -0.2) is 29.3 Å². The fourth-order valence-corrected chi connectivity index (χ4v) is 2.50. The number of barbiturate groups is 1. The maximum Gasteiger partial charge on any atom is 0.330 e. The van der Waals surface area contributed by atoms with Crippen LogP contribution < -0.4 is 5.32 Å². The highest BCUT2D eigenvalue weighted by Gasteiger charge is 2.39. The van der Waals surface area contributed by atoms with E-state index in [4.69, 9.17) is 0 Å². The van der Waals surface area contributed by atoms with Crippen LogP contribution in [0.2, 0.25) is 0 Å². The number of nitrogens with zero attached hydrogens (tertiary/aromatic N) is 1. The lowest BCUT2D eigenvalue weighted by Crippen LogP contribution is -2.58. The van der Waals surface area contributed by atoms with E-state index >= 15 is 0 Å². The van der Waals surface area contributed by atoms with E-state index < -0.39 is 17.9 Å². The van der Waals surface area contributed by atoms with Crippen molar-refractivity contribution in [1.82, 2.24) is 10.2 Å². The number of nitrogens with one attached hydrogen (secondary N) is 1. The molecule has 1 atom stereocenters. The van der Waals surface area contributed by atoms with Gasteiger partial charge in [0.15, 0.2) is 0 Å². The van der Waals surface area contributed by atoms with Crippen molar-refractivity contribution >= 4 is 17.8 Å². The zero-order chi connectivity index (χ0) is 15.2. The molecule has 0 saturated carbocycles. The minimum absolute atomic E-state index is 0.340. The summed E-state index contributed by atoms with van der Waals surface area (Å²) in [5.74, 6) is -1.55. The fourth-order valence-electron chi connectivity index (χ4n) is 2.50. The molecular weight excluding hydrogens is 268 g/mol. The van der Waals surface area contributed by atoms with Crippen molar-refractivity contribution in [2.24, 2.45) is 5.92 Å². The number of hydrogen-bond donors (Lipinski definition) is 1. The number of imide groups is 2. The quantitative estimate of drug-likeness (QED) is 0.815. The Bertz CT molecular complexity index is 528. The first-order valence-corrected chi connectivity index (χ1v) is 7.33. The van der Waals surface area contributed by atoms with Crippen LogP contribution in [0.4, 0.5) is 4.79 Å². The normalized spacial score (nSPS) is 18.8. The smallest absolute Gasteiger partial charge is 0.277 e. The largest absolute Gasteiger partial charge is 0.330 e. The van der Waals surface area contributed by atoms with E-state index in [1.54, 1.807) is 0 Å². The van der Waals surface area contributed by atoms with Crippen molar-refractivity contribution in [2.75, 3.05) is 6.54 Å². The summed E-state index contributed by atoms with van der Waals surface area (Å²) in [6, 6.07) is 9.31. The summed E-state index contributed by atoms with van der Waals surface area (Å²) < 4.78 is 0. The van der Waals surface area contributed by atoms with Crippen molar-refractivity contribution in [1.29, 1.82) is 0 Å². The lowest BCUT2D eigenvalue weighted by atomic mass is 9.99. The van der Waals surface area contributed by atoms with Gasteiger partial charge in [0, 0.05) is 6.54 Å². The first kappa shape index (κ1) is 15.2. The first-order chi connectivity index (χ1) is 10.1. The number of aryl methyl sites for hydroxylation is 1. The molecule has 1 aromatic carbocycles. The minimum atomic E-state index is -0.718. The van der Waals surface area contributed by atoms with Crippen molar-refractivity contribution in [3.05, 3.63) is 35.9 Å². The predicted octanol–water partition coefficient (Wildman–Crippen LogP) is 2.11. The van der Waals surface area contributed by atoms with Gasteiger partial charge in [-0.1, -0.05) is 43.7 Å². The second-order valence-electron chi connectivity index (χ2n) is 5.21. The molecule has 2 rings (SSSR count). The summed E-state index contributed by atoms with van der Waals surface area (Å²) in [6.07, 6.45) is 2.70. The van der Waals surface area contributed by atoms with E-state index in [-0.39, 0.29) is 5.91 Å². The third kappa shape index (κ3) is 3.68. The molecule has 1 aromatic rings. The van der Waals surface area contributed by atoms with Gasteiger partial charge < -0.3 is 0 Å². The summed E-state index contributed by atoms with van der Waals surface area (Å²) in [4.78, 5) is 36.8. The highest BCUT2D eigenvalue weighted by atomic mass is 16.2. The average Bonchev–Trinajstić information content (AvgIpc) is 2.48. The number of carbonyl (C=O) groups excluding carboxylic acids is 3. The highest BCUT2D eigenvalue weighted by Crippen LogP contribution is 2.16. The molecule has 0 aromatic heterocycles. The SMILES string of the molecule is CCCC1C(=O)NC(=O)N(CCCc2ccccc2)C1=O. The molecule has 1 N–H and O–H groups in total. The third-order valence-corrected chi connectivity index (χ3v) is 3.62. The van der Waals surface area contributed by atoms with Gasteiger partial charge in [0.05, 0.1) is 0 Å². The Morgan fingerprint density at radius 1 is 1.14 bits per heavy atom. The summed E-state index contributed by atoms with van der Waals surface area (Å²) in [7, 11) is 0. The molecule has 1 unspecified atom stereocenters. The standard InChI is InChI=1S/C16H20N2O3/c1-2-7-13-14(19)17-16(21)18(15(13)20)11-6-10-12-8-4-3-5-9-12/h3-5,8-9,13H,2,6-7,10-11H2,1H3,(H,17,19,21). The third-order valence-electron chi connectivity index (χ3n) is 3.62. The van der Waals surface area contributed by atoms with Crippen LogP contribution >= 0.6 is 0 Å². The Morgan fingerprint density at radius 3 is 2.52 bits per heavy atom. The molecule has 1 aliphatic rings. The van der Waals surface area contributed by atoms with Crippen LogP contribution in [0.25, 0.3) is 0 Å². The van der Waals surface area contributed by atoms with Crippen LogP contribution in [0.1, 0.15) is 31.7 Å². The van der Waals surface area contributed by atoms with Gasteiger partial charge in [0.1, 0.15) is 5.92 Å². The zero-order valence-corrected chi connectivity index (χ0v) is 12.2. The fraction of sp³-hybridized carbons (Fsp3) is 0.438. The van der Waals surface area contributed by atoms with E-state index in [1.807, 2.05) is 37.3 Å². The van der Waals surface area contributed by atoms with Gasteiger partial charge in [0.25, 0.3) is 0 Å². The molecule has 1 fully saturated rings. The lowest BCUT2D eigenvalue weighted by Gasteiger charge is -2.30. The van der Waals surface area contributed by atoms with E-state index in [0.717, 1.165) is 12.8 Å². The lowest BCUT2D eigenvalue weighted by molar-refractivity contribution is -0.142. The molecule has 112 valence electrons. The predicted molar refractivity (Wildman–Crippen MR) is 78.4 cm³/mol. The molecule has 5 heteroatoms. The number of carbonyl (C=O) groups is 3. The van der Waals surface area contributed by atoms with E-state index in [2.05, 4.69) is 5.32 Å². The van der Waals surface area contributed by atoms with Gasteiger partial charge in [0.2, 0.25) is 11.8 Å². The second kappa shape index (κ2) is 7.02. The average molecular weight is 288 g/mol. The molecule has 0 spiro atoms. The van der Waals surface area contributed by atoms with Crippen LogP contribution in [-0.2, 0) is 16.0 Å². The second-order valence-corrected chi connectivity index (χ2v) is 5.21. The molecule has 1 aliphatic heterocycles. The maximum absolute atomic E-state index is 12.2. The maximum atomic E-state index is 12.2. The number of benzene rings is 1. The Morgan fingerprint density at radius 2 is 1.86 bits per heavy atom. The number of urea groups is 1. The molecule has 4 amide bonds. The summed E-state index contributed by atoms with van der Waals surface area (Å²) in [6.45, 7) is 2.25. The first-order valence-electron chi connectivity index (χ1n) is 7.33. The summed E-state index contributed by atoms with van der Waals surface area (Å²) in [5.41, 5.74) is 1.17. The van der Waals surface area contributed by atoms with E-state index in [1.165, 1.54) is 10.5 Å². The molecule has 5 nitrogen and oxygen atoms in total. The van der Waals surface area contributed by atoms with Gasteiger partial charge in [-0.2, -0.15) is 0 Å². The summed E-state index contributed by atoms with van der Waals surface area (Å²) >= 11 is 0. The Hall–Kier alpha value is -2.17. The summed E-state index contributed by atoms with van der Waals surface area (Å²) in [5, 5.41) is 2.27. The van der Waals surface area contributed by atoms with Crippen LogP contribution in [0.5, 0.6) is 0 Å². The Kier molecular flexibility index (Phi) is 5.09. The van der Waals surface area contributed by atoms with Crippen LogP contribution in [0, 0.1) is 5.92 Å². The van der Waals surface area contributed by atoms with Crippen LogP contribution in [0.15, 0.2) is 30.3 Å². The van der Waals surface area contributed by atoms with E-state index in [9.17, 15) is 14.4 Å². The Balaban J connectivity index is 1.93. The zero-order valence-electron chi connectivity index (χ0n) is 12.2.